The van der Waals surface area contributed by atoms with Crippen molar-refractivity contribution in [3.05, 3.63) is 103 Å². The van der Waals surface area contributed by atoms with E-state index in [1.807, 2.05) is 36.4 Å². The van der Waals surface area contributed by atoms with Gasteiger partial charge in [0, 0.05) is 33.6 Å². The molecule has 0 N–H and O–H groups in total. The van der Waals surface area contributed by atoms with Crippen molar-refractivity contribution in [3.63, 3.8) is 0 Å². The van der Waals surface area contributed by atoms with Crippen molar-refractivity contribution >= 4 is 34.0 Å². The Morgan fingerprint density at radius 2 is 0.985 bits per heavy atom. The van der Waals surface area contributed by atoms with Crippen LogP contribution in [-0.4, -0.2) is 55.2 Å². The minimum absolute atomic E-state index is 0.0621. The molecule has 4 aromatic carbocycles. The third-order valence-electron chi connectivity index (χ3n) is 11.4. The average molecular weight is 981 g/mol. The van der Waals surface area contributed by atoms with Crippen LogP contribution in [0.3, 0.4) is 0 Å². The maximum Gasteiger partial charge on any atom is 0.460 e. The third kappa shape index (κ3) is 14.5. The Labute approximate surface area is 395 Å². The van der Waals surface area contributed by atoms with Gasteiger partial charge in [-0.2, -0.15) is 39.5 Å². The fraction of sp³-hybridized carbons (Fsp3) is 0.462. The van der Waals surface area contributed by atoms with Crippen LogP contribution in [-0.2, 0) is 9.53 Å². The molecule has 0 bridgehead atoms. The van der Waals surface area contributed by atoms with Crippen molar-refractivity contribution in [1.82, 2.24) is 0 Å². The van der Waals surface area contributed by atoms with E-state index in [-0.39, 0.29) is 25.0 Å². The Hall–Kier alpha value is -5.09. The number of unbranched alkanes of at least 4 members (excludes halogenated alkanes) is 12. The number of ether oxygens (including phenoxy) is 4. The predicted molar refractivity (Wildman–Crippen MR) is 246 cm³/mol. The van der Waals surface area contributed by atoms with Crippen LogP contribution in [0.25, 0.3) is 31.7 Å². The predicted octanol–water partition coefficient (Wildman–Crippen LogP) is 16.5. The maximum atomic E-state index is 13.7. The van der Waals surface area contributed by atoms with Gasteiger partial charge in [0.2, 0.25) is 0 Å². The van der Waals surface area contributed by atoms with Crippen molar-refractivity contribution in [3.8, 4) is 38.1 Å². The number of rotatable bonds is 28. The Bertz CT molecular complexity index is 2330. The summed E-state index contributed by atoms with van der Waals surface area (Å²) in [5.74, 6) is -18.8. The fourth-order valence-corrected chi connectivity index (χ4v) is 8.68. The SMILES string of the molecule is CCCCCCCCCCO[C@@H](C)C(=O)Oc1ccc(-c2sc(-c3ccc(OC(=O)c4ccc(OCCCCCCCCC(F)(F)C(F)(F)C(F)(F)C(F)(F)F)cc4)cc3)c3ccccc23)cc1. The second-order valence-electron chi connectivity index (χ2n) is 16.7. The quantitative estimate of drug-likeness (QED) is 0.0215. The number of halogens is 9. The fourth-order valence-electron chi connectivity index (χ4n) is 7.40. The minimum atomic E-state index is -6.86. The van der Waals surface area contributed by atoms with Crippen LogP contribution in [0.5, 0.6) is 17.2 Å². The Morgan fingerprint density at radius 3 is 1.50 bits per heavy atom. The van der Waals surface area contributed by atoms with Crippen molar-refractivity contribution in [2.24, 2.45) is 0 Å². The lowest BCUT2D eigenvalue weighted by Gasteiger charge is -2.33. The molecule has 370 valence electrons. The molecule has 0 unspecified atom stereocenters. The minimum Gasteiger partial charge on any atom is -0.494 e. The molecule has 0 radical (unpaired) electrons. The van der Waals surface area contributed by atoms with E-state index >= 15 is 0 Å². The molecular formula is C52H57F9O6S. The summed E-state index contributed by atoms with van der Waals surface area (Å²) in [4.78, 5) is 27.8. The first-order valence-electron chi connectivity index (χ1n) is 23.1. The van der Waals surface area contributed by atoms with E-state index in [4.69, 9.17) is 18.9 Å². The maximum absolute atomic E-state index is 13.7. The van der Waals surface area contributed by atoms with Gasteiger partial charge in [0.05, 0.1) is 12.2 Å². The summed E-state index contributed by atoms with van der Waals surface area (Å²) in [5.41, 5.74) is 2.16. The van der Waals surface area contributed by atoms with Gasteiger partial charge in [-0.05, 0) is 110 Å². The number of esters is 2. The Kier molecular flexibility index (Phi) is 19.8. The van der Waals surface area contributed by atoms with Crippen molar-refractivity contribution in [2.75, 3.05) is 13.2 Å². The summed E-state index contributed by atoms with van der Waals surface area (Å²) >= 11 is 1.62. The molecule has 5 rings (SSSR count). The van der Waals surface area contributed by atoms with Crippen molar-refractivity contribution < 1.29 is 68.1 Å². The number of thiophene rings is 1. The highest BCUT2D eigenvalue weighted by molar-refractivity contribution is 7.21. The smallest absolute Gasteiger partial charge is 0.460 e. The lowest BCUT2D eigenvalue weighted by atomic mass is 9.98. The number of carbonyl (C=O) groups excluding carboxylic acids is 2. The van der Waals surface area contributed by atoms with E-state index in [0.29, 0.717) is 43.1 Å². The summed E-state index contributed by atoms with van der Waals surface area (Å²) < 4.78 is 140. The largest absolute Gasteiger partial charge is 0.494 e. The van der Waals surface area contributed by atoms with Crippen LogP contribution in [0.1, 0.15) is 121 Å². The number of carbonyl (C=O) groups is 2. The van der Waals surface area contributed by atoms with Gasteiger partial charge in [-0.25, -0.2) is 9.59 Å². The van der Waals surface area contributed by atoms with Crippen LogP contribution < -0.4 is 14.2 Å². The molecule has 0 aliphatic carbocycles. The highest BCUT2D eigenvalue weighted by atomic mass is 32.1. The summed E-state index contributed by atoms with van der Waals surface area (Å²) in [6.07, 6.45) is 1.29. The van der Waals surface area contributed by atoms with Crippen LogP contribution in [0.4, 0.5) is 39.5 Å². The summed E-state index contributed by atoms with van der Waals surface area (Å²) in [6, 6.07) is 28.9. The van der Waals surface area contributed by atoms with Gasteiger partial charge in [-0.3, -0.25) is 0 Å². The van der Waals surface area contributed by atoms with E-state index in [1.54, 1.807) is 66.8 Å². The third-order valence-corrected chi connectivity index (χ3v) is 12.8. The van der Waals surface area contributed by atoms with Crippen LogP contribution in [0.2, 0.25) is 0 Å². The first kappa shape index (κ1) is 53.9. The van der Waals surface area contributed by atoms with E-state index in [9.17, 15) is 49.1 Å². The molecule has 0 spiro atoms. The van der Waals surface area contributed by atoms with Gasteiger partial charge < -0.3 is 18.9 Å². The molecule has 5 aromatic rings. The lowest BCUT2D eigenvalue weighted by molar-refractivity contribution is -0.396. The molecule has 68 heavy (non-hydrogen) atoms. The van der Waals surface area contributed by atoms with Gasteiger partial charge in [-0.1, -0.05) is 102 Å². The molecule has 0 saturated carbocycles. The van der Waals surface area contributed by atoms with Crippen LogP contribution >= 0.6 is 11.3 Å². The molecule has 1 atom stereocenters. The summed E-state index contributed by atoms with van der Waals surface area (Å²) in [7, 11) is 0. The number of benzene rings is 4. The second kappa shape index (κ2) is 25.0. The molecule has 1 aromatic heterocycles. The monoisotopic (exact) mass is 980 g/mol. The highest BCUT2D eigenvalue weighted by Crippen LogP contribution is 2.54. The van der Waals surface area contributed by atoms with E-state index in [1.165, 1.54) is 38.5 Å². The van der Waals surface area contributed by atoms with E-state index in [0.717, 1.165) is 44.5 Å². The zero-order valence-electron chi connectivity index (χ0n) is 38.1. The van der Waals surface area contributed by atoms with Crippen LogP contribution in [0, 0.1) is 0 Å². The van der Waals surface area contributed by atoms with E-state index in [2.05, 4.69) is 19.1 Å². The lowest BCUT2D eigenvalue weighted by Crippen LogP contribution is -2.60. The zero-order valence-corrected chi connectivity index (χ0v) is 38.9. The molecule has 0 saturated heterocycles. The number of hydrogen-bond donors (Lipinski definition) is 0. The van der Waals surface area contributed by atoms with Gasteiger partial charge >= 0.3 is 35.9 Å². The summed E-state index contributed by atoms with van der Waals surface area (Å²) in [6.45, 7) is 4.69. The molecule has 0 amide bonds. The van der Waals surface area contributed by atoms with Crippen molar-refractivity contribution in [1.29, 1.82) is 0 Å². The number of hydrogen-bond acceptors (Lipinski definition) is 7. The second-order valence-corrected chi connectivity index (χ2v) is 17.8. The van der Waals surface area contributed by atoms with Gasteiger partial charge in [-0.15, -0.1) is 11.3 Å². The highest BCUT2D eigenvalue weighted by Gasteiger charge is 2.81. The van der Waals surface area contributed by atoms with Crippen LogP contribution in [0.15, 0.2) is 97.1 Å². The Morgan fingerprint density at radius 1 is 0.529 bits per heavy atom. The zero-order chi connectivity index (χ0) is 49.4. The molecule has 1 heterocycles. The van der Waals surface area contributed by atoms with Gasteiger partial charge in [0.25, 0.3) is 0 Å². The van der Waals surface area contributed by atoms with E-state index < -0.39 is 54.8 Å². The standard InChI is InChI=1S/C52H57F9O6S/c1-3-4-5-6-7-9-12-17-34-64-36(2)47(62)66-41-29-21-37(22-30-41)45-43-19-14-15-20-44(43)46(68-45)38-23-31-42(32-24-38)67-48(63)39-25-27-40(28-26-39)65-35-18-13-10-8-11-16-33-49(53,54)50(55,56)51(57,58)52(59,60)61/h14-15,19-32,36H,3-13,16-18,33-35H2,1-2H3/t36-/m0/s1. The number of fused-ring (bicyclic) bond motifs is 1. The normalized spacial score (nSPS) is 12.9. The van der Waals surface area contributed by atoms with Gasteiger partial charge in [0.15, 0.2) is 6.10 Å². The summed E-state index contributed by atoms with van der Waals surface area (Å²) in [5, 5.41) is 2.11. The average Bonchev–Trinajstić information content (AvgIpc) is 3.70. The molecular weight excluding hydrogens is 924 g/mol. The Balaban J connectivity index is 1.04. The first-order valence-corrected chi connectivity index (χ1v) is 23.9. The molecule has 0 aliphatic rings. The topological polar surface area (TPSA) is 71.1 Å². The number of alkyl halides is 9. The molecule has 6 nitrogen and oxygen atoms in total. The molecule has 16 heteroatoms. The first-order chi connectivity index (χ1) is 32.4. The van der Waals surface area contributed by atoms with Crippen molar-refractivity contribution in [2.45, 2.75) is 140 Å². The van der Waals surface area contributed by atoms with Gasteiger partial charge in [0.1, 0.15) is 17.2 Å². The molecule has 0 fully saturated rings. The molecule has 0 aliphatic heterocycles.